The van der Waals surface area contributed by atoms with Crippen molar-refractivity contribution in [3.05, 3.63) is 68.8 Å². The highest BCUT2D eigenvalue weighted by Crippen LogP contribution is 2.66. The lowest BCUT2D eigenvalue weighted by Gasteiger charge is -2.33. The number of fused-ring (bicyclic) bond motifs is 6. The van der Waals surface area contributed by atoms with Gasteiger partial charge in [-0.25, -0.2) is 21.7 Å². The maximum absolute atomic E-state index is 6.91. The molecule has 2 aliphatic heterocycles. The molecule has 240 valence electrons. The number of methoxy groups -OCH3 is 2. The molecule has 1 spiro atoms. The van der Waals surface area contributed by atoms with Gasteiger partial charge in [-0.15, -0.1) is 0 Å². The topological polar surface area (TPSA) is 161 Å². The summed E-state index contributed by atoms with van der Waals surface area (Å²) in [5.41, 5.74) is 26.1. The summed E-state index contributed by atoms with van der Waals surface area (Å²) >= 11 is 0. The molecule has 2 aliphatic carbocycles. The fourth-order valence-electron chi connectivity index (χ4n) is 8.52. The van der Waals surface area contributed by atoms with E-state index in [0.29, 0.717) is 23.0 Å². The van der Waals surface area contributed by atoms with Gasteiger partial charge in [0.1, 0.15) is 12.3 Å². The molecule has 10 N–H and O–H groups in total. The van der Waals surface area contributed by atoms with Gasteiger partial charge >= 0.3 is 0 Å². The van der Waals surface area contributed by atoms with Gasteiger partial charge in [-0.2, -0.15) is 11.1 Å². The molecule has 1 fully saturated rings. The van der Waals surface area contributed by atoms with Gasteiger partial charge in [0.05, 0.1) is 14.2 Å². The molecular formula is C33H44N8O4. The summed E-state index contributed by atoms with van der Waals surface area (Å²) in [5.74, 6) is 15.9. The predicted octanol–water partition coefficient (Wildman–Crippen LogP) is 3.91. The lowest BCUT2D eigenvalue weighted by atomic mass is 9.72. The summed E-state index contributed by atoms with van der Waals surface area (Å²) in [7, 11) is 3.39. The molecule has 45 heavy (non-hydrogen) atoms. The van der Waals surface area contributed by atoms with Gasteiger partial charge < -0.3 is 18.9 Å². The number of nitrogens with one attached hydrogen (secondary N) is 6. The van der Waals surface area contributed by atoms with Crippen LogP contribution >= 0.6 is 0 Å². The number of hydrogen-bond acceptors (Lipinski definition) is 12. The van der Waals surface area contributed by atoms with E-state index in [1.165, 1.54) is 22.3 Å². The minimum absolute atomic E-state index is 0.0809. The van der Waals surface area contributed by atoms with E-state index in [9.17, 15) is 0 Å². The first kappa shape index (κ1) is 30.2. The molecule has 7 rings (SSSR count). The molecule has 0 amide bonds. The van der Waals surface area contributed by atoms with Gasteiger partial charge in [-0.1, -0.05) is 27.7 Å². The zero-order valence-electron chi connectivity index (χ0n) is 27.2. The van der Waals surface area contributed by atoms with Crippen molar-refractivity contribution >= 4 is 0 Å². The Bertz CT molecular complexity index is 1710. The minimum atomic E-state index is -0.573. The molecule has 1 saturated heterocycles. The van der Waals surface area contributed by atoms with Gasteiger partial charge in [0.15, 0.2) is 34.5 Å². The van der Waals surface area contributed by atoms with E-state index in [1.54, 1.807) is 14.2 Å². The highest BCUT2D eigenvalue weighted by molar-refractivity contribution is 5.70. The van der Waals surface area contributed by atoms with Crippen LogP contribution in [0.2, 0.25) is 0 Å². The van der Waals surface area contributed by atoms with E-state index in [-0.39, 0.29) is 22.4 Å². The molecule has 3 aromatic rings. The van der Waals surface area contributed by atoms with Crippen molar-refractivity contribution in [3.63, 3.8) is 0 Å². The normalized spacial score (nSPS) is 22.1. The number of ether oxygens (including phenoxy) is 4. The Morgan fingerprint density at radius 2 is 1.24 bits per heavy atom. The standard InChI is InChI=1S/C33H44N8O4/c1-15-16(2)26(30-38-40-41-39-30)28-27(25(15)29(36-34)37-35)44-23-10-18-20(12-24(23)45-28)33(14-32(18,5)6)13-31(3,4)17-9-21(42-7)22(43-8)11-19(17)33/h9-12,29-30,36-41H,13-14,34-35H2,1-8H3. The second kappa shape index (κ2) is 10.3. The van der Waals surface area contributed by atoms with E-state index in [1.807, 2.05) is 6.92 Å². The van der Waals surface area contributed by atoms with Crippen LogP contribution in [0.25, 0.3) is 0 Å². The number of benzene rings is 3. The molecule has 0 aromatic heterocycles. The molecule has 0 saturated carbocycles. The quantitative estimate of drug-likeness (QED) is 0.0898. The van der Waals surface area contributed by atoms with Crippen LogP contribution in [0.3, 0.4) is 0 Å². The fourth-order valence-corrected chi connectivity index (χ4v) is 8.52. The Hall–Kier alpha value is -3.46. The van der Waals surface area contributed by atoms with E-state index >= 15 is 0 Å². The van der Waals surface area contributed by atoms with Gasteiger partial charge in [0.25, 0.3) is 0 Å². The summed E-state index contributed by atoms with van der Waals surface area (Å²) in [4.78, 5) is 0. The predicted molar refractivity (Wildman–Crippen MR) is 171 cm³/mol. The maximum Gasteiger partial charge on any atom is 0.177 e. The molecular weight excluding hydrogens is 572 g/mol. The van der Waals surface area contributed by atoms with Crippen molar-refractivity contribution in [1.82, 2.24) is 32.8 Å². The third-order valence-electron chi connectivity index (χ3n) is 10.5. The van der Waals surface area contributed by atoms with Crippen LogP contribution < -0.4 is 63.4 Å². The summed E-state index contributed by atoms with van der Waals surface area (Å²) in [6, 6.07) is 8.73. The summed E-state index contributed by atoms with van der Waals surface area (Å²) < 4.78 is 25.3. The van der Waals surface area contributed by atoms with Crippen LogP contribution in [0.15, 0.2) is 24.3 Å². The largest absolute Gasteiger partial charge is 0.493 e. The minimum Gasteiger partial charge on any atom is -0.493 e. The molecule has 4 aliphatic rings. The summed E-state index contributed by atoms with van der Waals surface area (Å²) in [5, 5.41) is 0. The van der Waals surface area contributed by atoms with E-state index in [0.717, 1.165) is 46.6 Å². The molecule has 0 radical (unpaired) electrons. The first-order chi connectivity index (χ1) is 21.4. The Morgan fingerprint density at radius 1 is 0.756 bits per heavy atom. The van der Waals surface area contributed by atoms with Crippen molar-refractivity contribution < 1.29 is 18.9 Å². The lowest BCUT2D eigenvalue weighted by Crippen LogP contribution is -2.42. The smallest absolute Gasteiger partial charge is 0.177 e. The third kappa shape index (κ3) is 4.21. The Kier molecular flexibility index (Phi) is 6.90. The monoisotopic (exact) mass is 616 g/mol. The first-order valence-corrected chi connectivity index (χ1v) is 15.3. The molecule has 3 aromatic carbocycles. The number of hydrazine groups is 5. The lowest BCUT2D eigenvalue weighted by molar-refractivity contribution is 0.335. The average molecular weight is 617 g/mol. The van der Waals surface area contributed by atoms with Gasteiger partial charge in [0, 0.05) is 16.5 Å². The van der Waals surface area contributed by atoms with Crippen molar-refractivity contribution in [2.75, 3.05) is 14.2 Å². The van der Waals surface area contributed by atoms with Crippen molar-refractivity contribution in [1.29, 1.82) is 0 Å². The second-order valence-electron chi connectivity index (χ2n) is 14.0. The zero-order chi connectivity index (χ0) is 32.1. The molecule has 2 heterocycles. The first-order valence-electron chi connectivity index (χ1n) is 15.3. The van der Waals surface area contributed by atoms with Crippen LogP contribution in [0.5, 0.6) is 34.5 Å². The Morgan fingerprint density at radius 3 is 1.80 bits per heavy atom. The van der Waals surface area contributed by atoms with E-state index < -0.39 is 6.17 Å². The van der Waals surface area contributed by atoms with Crippen LogP contribution in [0, 0.1) is 13.8 Å². The van der Waals surface area contributed by atoms with Gasteiger partial charge in [-0.3, -0.25) is 11.7 Å². The molecule has 1 atom stereocenters. The number of hydrogen-bond donors (Lipinski definition) is 8. The van der Waals surface area contributed by atoms with Crippen LogP contribution in [-0.2, 0) is 16.2 Å². The molecule has 1 unspecified atom stereocenters. The van der Waals surface area contributed by atoms with Crippen molar-refractivity contribution in [3.8, 4) is 34.5 Å². The van der Waals surface area contributed by atoms with Crippen molar-refractivity contribution in [2.45, 2.75) is 83.0 Å². The SMILES string of the molecule is COc1cc2c(cc1OC)C1(CC2(C)C)CC(C)(C)c2cc3c(cc21)Oc1c(c(C(NN)NN)c(C)c(C)c1C1NNNN1)O3. The fraction of sp³-hybridized carbons (Fsp3) is 0.455. The molecule has 12 heteroatoms. The second-order valence-corrected chi connectivity index (χ2v) is 14.0. The van der Waals surface area contributed by atoms with E-state index in [4.69, 9.17) is 30.6 Å². The van der Waals surface area contributed by atoms with Crippen molar-refractivity contribution in [2.24, 2.45) is 11.7 Å². The van der Waals surface area contributed by atoms with Crippen LogP contribution in [0.4, 0.5) is 0 Å². The number of rotatable bonds is 6. The molecule has 0 bridgehead atoms. The average Bonchev–Trinajstić information content (AvgIpc) is 3.67. The zero-order valence-corrected chi connectivity index (χ0v) is 27.2. The summed E-state index contributed by atoms with van der Waals surface area (Å²) in [6.45, 7) is 13.4. The van der Waals surface area contributed by atoms with Gasteiger partial charge in [-0.05, 0) is 95.2 Å². The van der Waals surface area contributed by atoms with Crippen LogP contribution in [-0.4, -0.2) is 14.2 Å². The highest BCUT2D eigenvalue weighted by Gasteiger charge is 2.57. The Labute approximate surface area is 263 Å². The maximum atomic E-state index is 6.91. The highest BCUT2D eigenvalue weighted by atomic mass is 16.6. The van der Waals surface area contributed by atoms with Gasteiger partial charge in [0.2, 0.25) is 0 Å². The van der Waals surface area contributed by atoms with Crippen LogP contribution in [0.1, 0.15) is 97.4 Å². The van der Waals surface area contributed by atoms with E-state index in [2.05, 4.69) is 91.7 Å². The number of nitrogens with two attached hydrogens (primary N) is 2. The third-order valence-corrected chi connectivity index (χ3v) is 10.5. The Balaban J connectivity index is 1.44. The molecule has 12 nitrogen and oxygen atoms in total. The summed E-state index contributed by atoms with van der Waals surface area (Å²) in [6.07, 6.45) is 1.02.